The van der Waals surface area contributed by atoms with Crippen LogP contribution in [0.5, 0.6) is 5.75 Å². The van der Waals surface area contributed by atoms with Crippen molar-refractivity contribution in [3.8, 4) is 5.75 Å². The van der Waals surface area contributed by atoms with E-state index in [0.717, 1.165) is 30.0 Å². The summed E-state index contributed by atoms with van der Waals surface area (Å²) < 4.78 is 5.27. The number of rotatable bonds is 7. The maximum atomic E-state index is 13.2. The van der Waals surface area contributed by atoms with E-state index in [1.54, 1.807) is 12.0 Å². The summed E-state index contributed by atoms with van der Waals surface area (Å²) in [5, 5.41) is 6.14. The molecule has 2 aromatic carbocycles. The van der Waals surface area contributed by atoms with E-state index >= 15 is 0 Å². The molecule has 1 fully saturated rings. The number of amides is 2. The van der Waals surface area contributed by atoms with Crippen LogP contribution in [0.1, 0.15) is 23.2 Å². The lowest BCUT2D eigenvalue weighted by molar-refractivity contribution is -0.126. The van der Waals surface area contributed by atoms with Crippen LogP contribution >= 0.6 is 0 Å². The predicted octanol–water partition coefficient (Wildman–Crippen LogP) is 2.37. The van der Waals surface area contributed by atoms with Crippen molar-refractivity contribution in [3.63, 3.8) is 0 Å². The Kier molecular flexibility index (Phi) is 7.08. The molecule has 0 spiro atoms. The van der Waals surface area contributed by atoms with Crippen LogP contribution < -0.4 is 21.1 Å². The summed E-state index contributed by atoms with van der Waals surface area (Å²) in [6.07, 6.45) is 1.59. The molecule has 0 aromatic heterocycles. The molecule has 7 nitrogen and oxygen atoms in total. The summed E-state index contributed by atoms with van der Waals surface area (Å²) in [4.78, 5) is 27.3. The van der Waals surface area contributed by atoms with Crippen LogP contribution in [-0.4, -0.2) is 50.0 Å². The first-order valence-electron chi connectivity index (χ1n) is 9.89. The Morgan fingerprint density at radius 2 is 2.03 bits per heavy atom. The van der Waals surface area contributed by atoms with Crippen molar-refractivity contribution < 1.29 is 14.3 Å². The van der Waals surface area contributed by atoms with Crippen molar-refractivity contribution in [3.05, 3.63) is 54.1 Å². The molecule has 154 valence electrons. The first-order valence-corrected chi connectivity index (χ1v) is 9.89. The number of benzene rings is 2. The minimum atomic E-state index is -0.197. The van der Waals surface area contributed by atoms with E-state index in [0.29, 0.717) is 31.7 Å². The highest BCUT2D eigenvalue weighted by molar-refractivity contribution is 6.00. The molecular formula is C22H28N4O3. The van der Waals surface area contributed by atoms with Gasteiger partial charge in [0, 0.05) is 37.9 Å². The molecule has 2 amide bonds. The van der Waals surface area contributed by atoms with Gasteiger partial charge in [0.05, 0.1) is 24.3 Å². The average molecular weight is 396 g/mol. The normalized spacial score (nSPS) is 16.2. The van der Waals surface area contributed by atoms with E-state index in [9.17, 15) is 9.59 Å². The lowest BCUT2D eigenvalue weighted by Crippen LogP contribution is -2.46. The first kappa shape index (κ1) is 20.7. The Bertz CT molecular complexity index is 855. The molecule has 2 aromatic rings. The van der Waals surface area contributed by atoms with E-state index in [2.05, 4.69) is 10.6 Å². The summed E-state index contributed by atoms with van der Waals surface area (Å²) in [6, 6.07) is 15.0. The van der Waals surface area contributed by atoms with Crippen LogP contribution in [0.2, 0.25) is 0 Å². The second-order valence-electron chi connectivity index (χ2n) is 7.07. The Morgan fingerprint density at radius 3 is 2.83 bits per heavy atom. The number of ether oxygens (including phenoxy) is 1. The van der Waals surface area contributed by atoms with E-state index in [4.69, 9.17) is 10.5 Å². The zero-order valence-corrected chi connectivity index (χ0v) is 16.7. The number of methoxy groups -OCH3 is 1. The smallest absolute Gasteiger partial charge is 0.255 e. The maximum absolute atomic E-state index is 13.2. The molecule has 7 heteroatoms. The van der Waals surface area contributed by atoms with Crippen LogP contribution in [0.4, 0.5) is 11.4 Å². The number of para-hydroxylation sites is 1. The van der Waals surface area contributed by atoms with Gasteiger partial charge in [-0.1, -0.05) is 18.2 Å². The third-order valence-corrected chi connectivity index (χ3v) is 5.03. The van der Waals surface area contributed by atoms with Crippen molar-refractivity contribution in [1.82, 2.24) is 10.2 Å². The molecule has 0 bridgehead atoms. The van der Waals surface area contributed by atoms with Gasteiger partial charge in [0.1, 0.15) is 5.75 Å². The zero-order valence-electron chi connectivity index (χ0n) is 16.7. The Labute approximate surface area is 171 Å². The molecule has 1 aliphatic rings. The molecule has 1 aliphatic heterocycles. The number of nitrogens with two attached hydrogens (primary N) is 1. The van der Waals surface area contributed by atoms with Gasteiger partial charge in [-0.3, -0.25) is 9.59 Å². The number of hydrogen-bond donors (Lipinski definition) is 3. The lowest BCUT2D eigenvalue weighted by Gasteiger charge is -2.32. The number of anilines is 2. The quantitative estimate of drug-likeness (QED) is 0.668. The van der Waals surface area contributed by atoms with Gasteiger partial charge in [0.2, 0.25) is 5.91 Å². The fraction of sp³-hybridized carbons (Fsp3) is 0.364. The van der Waals surface area contributed by atoms with Crippen molar-refractivity contribution in [2.45, 2.75) is 12.8 Å². The molecule has 1 unspecified atom stereocenters. The number of likely N-dealkylation sites (tertiary alicyclic amines) is 1. The van der Waals surface area contributed by atoms with Gasteiger partial charge in [-0.15, -0.1) is 0 Å². The van der Waals surface area contributed by atoms with Gasteiger partial charge in [0.15, 0.2) is 0 Å². The summed E-state index contributed by atoms with van der Waals surface area (Å²) in [5.74, 6) is 0.432. The minimum Gasteiger partial charge on any atom is -0.497 e. The van der Waals surface area contributed by atoms with E-state index in [1.807, 2.05) is 48.5 Å². The molecule has 1 heterocycles. The van der Waals surface area contributed by atoms with Gasteiger partial charge in [0.25, 0.3) is 5.91 Å². The molecule has 1 atom stereocenters. The van der Waals surface area contributed by atoms with Gasteiger partial charge in [-0.05, 0) is 37.1 Å². The third-order valence-electron chi connectivity index (χ3n) is 5.03. The zero-order chi connectivity index (χ0) is 20.6. The number of hydrogen-bond acceptors (Lipinski definition) is 5. The summed E-state index contributed by atoms with van der Waals surface area (Å²) in [5.41, 5.74) is 7.60. The molecule has 0 aliphatic carbocycles. The Hall–Kier alpha value is -3.06. The highest BCUT2D eigenvalue weighted by Crippen LogP contribution is 2.26. The van der Waals surface area contributed by atoms with Crippen LogP contribution in [-0.2, 0) is 4.79 Å². The van der Waals surface area contributed by atoms with Crippen LogP contribution in [0.15, 0.2) is 48.5 Å². The number of nitrogens with one attached hydrogen (secondary N) is 2. The first-order chi connectivity index (χ1) is 14.1. The van der Waals surface area contributed by atoms with Crippen molar-refractivity contribution in [2.75, 3.05) is 38.6 Å². The molecule has 3 rings (SSSR count). The predicted molar refractivity (Wildman–Crippen MR) is 113 cm³/mol. The highest BCUT2D eigenvalue weighted by atomic mass is 16.5. The number of carbonyl (C=O) groups excluding carboxylic acids is 2. The average Bonchev–Trinajstić information content (AvgIpc) is 2.77. The molecule has 0 radical (unpaired) electrons. The van der Waals surface area contributed by atoms with E-state index < -0.39 is 0 Å². The SMILES string of the molecule is COc1cccc(Nc2ccccc2C(=O)N2CCCC(C(=O)NCCN)C2)c1. The largest absolute Gasteiger partial charge is 0.497 e. The molecular weight excluding hydrogens is 368 g/mol. The minimum absolute atomic E-state index is 0.0317. The number of piperidine rings is 1. The second-order valence-corrected chi connectivity index (χ2v) is 7.07. The fourth-order valence-corrected chi connectivity index (χ4v) is 3.52. The topological polar surface area (TPSA) is 96.7 Å². The summed E-state index contributed by atoms with van der Waals surface area (Å²) in [7, 11) is 1.62. The van der Waals surface area contributed by atoms with Gasteiger partial charge < -0.3 is 26.0 Å². The molecule has 4 N–H and O–H groups in total. The third kappa shape index (κ3) is 5.26. The van der Waals surface area contributed by atoms with E-state index in [1.165, 1.54) is 0 Å². The lowest BCUT2D eigenvalue weighted by atomic mass is 9.96. The standard InChI is InChI=1S/C22H28N4O3/c1-29-18-8-4-7-17(14-18)25-20-10-3-2-9-19(20)22(28)26-13-5-6-16(15-26)21(27)24-12-11-23/h2-4,7-10,14,16,25H,5-6,11-13,15,23H2,1H3,(H,24,27). The summed E-state index contributed by atoms with van der Waals surface area (Å²) >= 11 is 0. The monoisotopic (exact) mass is 396 g/mol. The van der Waals surface area contributed by atoms with Crippen molar-refractivity contribution >= 4 is 23.2 Å². The van der Waals surface area contributed by atoms with Crippen molar-refractivity contribution in [1.29, 1.82) is 0 Å². The van der Waals surface area contributed by atoms with Gasteiger partial charge in [-0.25, -0.2) is 0 Å². The molecule has 29 heavy (non-hydrogen) atoms. The van der Waals surface area contributed by atoms with Crippen LogP contribution in [0, 0.1) is 5.92 Å². The van der Waals surface area contributed by atoms with Crippen LogP contribution in [0.25, 0.3) is 0 Å². The number of nitrogens with zero attached hydrogens (tertiary/aromatic N) is 1. The fourth-order valence-electron chi connectivity index (χ4n) is 3.52. The highest BCUT2D eigenvalue weighted by Gasteiger charge is 2.29. The Balaban J connectivity index is 1.74. The molecule has 0 saturated carbocycles. The Morgan fingerprint density at radius 1 is 1.21 bits per heavy atom. The molecule has 1 saturated heterocycles. The summed E-state index contributed by atoms with van der Waals surface area (Å²) in [6.45, 7) is 1.93. The number of carbonyl (C=O) groups is 2. The van der Waals surface area contributed by atoms with Gasteiger partial charge >= 0.3 is 0 Å². The second kappa shape index (κ2) is 9.93. The van der Waals surface area contributed by atoms with Crippen molar-refractivity contribution in [2.24, 2.45) is 11.7 Å². The maximum Gasteiger partial charge on any atom is 0.255 e. The van der Waals surface area contributed by atoms with Crippen LogP contribution in [0.3, 0.4) is 0 Å². The van der Waals surface area contributed by atoms with Gasteiger partial charge in [-0.2, -0.15) is 0 Å². The van der Waals surface area contributed by atoms with E-state index in [-0.39, 0.29) is 17.7 Å².